The van der Waals surface area contributed by atoms with Crippen LogP contribution < -0.4 is 16.4 Å². The Labute approximate surface area is 107 Å². The summed E-state index contributed by atoms with van der Waals surface area (Å²) in [5.41, 5.74) is 6.10. The van der Waals surface area contributed by atoms with Crippen LogP contribution in [0.15, 0.2) is 18.2 Å². The van der Waals surface area contributed by atoms with Gasteiger partial charge >= 0.3 is 6.03 Å². The summed E-state index contributed by atoms with van der Waals surface area (Å²) in [6.45, 7) is 0.789. The van der Waals surface area contributed by atoms with Crippen LogP contribution in [0.3, 0.4) is 0 Å². The van der Waals surface area contributed by atoms with E-state index in [0.717, 1.165) is 0 Å². The number of imidazole rings is 1. The van der Waals surface area contributed by atoms with Crippen LogP contribution in [-0.4, -0.2) is 34.0 Å². The van der Waals surface area contributed by atoms with Crippen LogP contribution in [0.4, 0.5) is 16.4 Å². The van der Waals surface area contributed by atoms with Gasteiger partial charge < -0.3 is 21.4 Å². The number of hydrogen-bond acceptors (Lipinski definition) is 5. The number of H-pyrrole nitrogens is 1. The largest absolute Gasteiger partial charge is 0.354 e. The molecule has 9 heteroatoms. The maximum atomic E-state index is 10.6. The van der Waals surface area contributed by atoms with Crippen molar-refractivity contribution >= 4 is 28.7 Å². The Morgan fingerprint density at radius 1 is 1.47 bits per heavy atom. The highest BCUT2D eigenvalue weighted by atomic mass is 16.6. The Hall–Kier alpha value is -2.84. The predicted octanol–water partition coefficient (Wildman–Crippen LogP) is 0.551. The standard InChI is InChI=1S/C10H12N6O3/c11-9(17)12-3-4-13-10-14-7-2-1-6(16(18)19)5-8(7)15-10/h1-2,5H,3-4H2,(H3,11,12,17)(H2,13,14,15). The highest BCUT2D eigenvalue weighted by molar-refractivity contribution is 5.79. The number of fused-ring (bicyclic) bond motifs is 1. The second-order valence-electron chi connectivity index (χ2n) is 3.76. The van der Waals surface area contributed by atoms with E-state index in [4.69, 9.17) is 5.73 Å². The molecule has 2 aromatic rings. The number of nitrogens with two attached hydrogens (primary N) is 1. The zero-order valence-corrected chi connectivity index (χ0v) is 9.84. The second kappa shape index (κ2) is 5.21. The number of amides is 2. The first-order valence-electron chi connectivity index (χ1n) is 5.47. The van der Waals surface area contributed by atoms with Gasteiger partial charge in [-0.3, -0.25) is 10.1 Å². The van der Waals surface area contributed by atoms with E-state index in [1.165, 1.54) is 12.1 Å². The smallest absolute Gasteiger partial charge is 0.312 e. The van der Waals surface area contributed by atoms with Gasteiger partial charge in [0.05, 0.1) is 16.0 Å². The van der Waals surface area contributed by atoms with Gasteiger partial charge in [-0.1, -0.05) is 0 Å². The molecule has 0 bridgehead atoms. The lowest BCUT2D eigenvalue weighted by Crippen LogP contribution is -2.33. The highest BCUT2D eigenvalue weighted by Crippen LogP contribution is 2.20. The molecule has 1 heterocycles. The van der Waals surface area contributed by atoms with E-state index in [9.17, 15) is 14.9 Å². The van der Waals surface area contributed by atoms with E-state index in [1.807, 2.05) is 0 Å². The van der Waals surface area contributed by atoms with Crippen molar-refractivity contribution in [3.63, 3.8) is 0 Å². The minimum atomic E-state index is -0.595. The molecule has 1 aromatic carbocycles. The summed E-state index contributed by atoms with van der Waals surface area (Å²) < 4.78 is 0. The van der Waals surface area contributed by atoms with Gasteiger partial charge in [0.2, 0.25) is 5.95 Å². The van der Waals surface area contributed by atoms with Gasteiger partial charge in [-0.2, -0.15) is 0 Å². The van der Waals surface area contributed by atoms with Crippen molar-refractivity contribution in [2.24, 2.45) is 5.73 Å². The van der Waals surface area contributed by atoms with Gasteiger partial charge in [0, 0.05) is 25.2 Å². The summed E-state index contributed by atoms with van der Waals surface area (Å²) in [7, 11) is 0. The van der Waals surface area contributed by atoms with Gasteiger partial charge in [-0.15, -0.1) is 0 Å². The van der Waals surface area contributed by atoms with E-state index in [0.29, 0.717) is 30.1 Å². The molecule has 0 aliphatic carbocycles. The zero-order valence-electron chi connectivity index (χ0n) is 9.84. The van der Waals surface area contributed by atoms with Crippen molar-refractivity contribution in [1.82, 2.24) is 15.3 Å². The summed E-state index contributed by atoms with van der Waals surface area (Å²) >= 11 is 0. The minimum absolute atomic E-state index is 0.00176. The average Bonchev–Trinajstić information content (AvgIpc) is 2.75. The molecule has 0 saturated heterocycles. The van der Waals surface area contributed by atoms with Crippen LogP contribution in [0.25, 0.3) is 11.0 Å². The number of anilines is 1. The fourth-order valence-electron chi connectivity index (χ4n) is 1.56. The molecule has 2 rings (SSSR count). The van der Waals surface area contributed by atoms with Gasteiger partial charge in [0.1, 0.15) is 0 Å². The first-order valence-corrected chi connectivity index (χ1v) is 5.47. The number of nitrogens with zero attached hydrogens (tertiary/aromatic N) is 2. The lowest BCUT2D eigenvalue weighted by atomic mass is 10.3. The molecule has 0 saturated carbocycles. The third kappa shape index (κ3) is 3.09. The molecule has 0 aliphatic rings. The van der Waals surface area contributed by atoms with E-state index in [2.05, 4.69) is 20.6 Å². The second-order valence-corrected chi connectivity index (χ2v) is 3.76. The fourth-order valence-corrected chi connectivity index (χ4v) is 1.56. The third-order valence-corrected chi connectivity index (χ3v) is 2.39. The summed E-state index contributed by atoms with van der Waals surface area (Å²) in [6.07, 6.45) is 0. The van der Waals surface area contributed by atoms with Gasteiger partial charge in [0.15, 0.2) is 0 Å². The van der Waals surface area contributed by atoms with Gasteiger partial charge in [-0.05, 0) is 6.07 Å². The number of rotatable bonds is 5. The van der Waals surface area contributed by atoms with Crippen LogP contribution in [0.5, 0.6) is 0 Å². The van der Waals surface area contributed by atoms with Gasteiger partial charge in [0.25, 0.3) is 5.69 Å². The van der Waals surface area contributed by atoms with Crippen LogP contribution in [0.2, 0.25) is 0 Å². The third-order valence-electron chi connectivity index (χ3n) is 2.39. The number of nitro benzene ring substituents is 1. The SMILES string of the molecule is NC(=O)NCCNc1nc2ccc([N+](=O)[O-])cc2[nH]1. The Bertz CT molecular complexity index is 623. The topological polar surface area (TPSA) is 139 Å². The number of carbonyl (C=O) groups excluding carboxylic acids is 1. The lowest BCUT2D eigenvalue weighted by Gasteiger charge is -2.02. The molecule has 0 spiro atoms. The molecule has 0 atom stereocenters. The van der Waals surface area contributed by atoms with Gasteiger partial charge in [-0.25, -0.2) is 9.78 Å². The Morgan fingerprint density at radius 3 is 2.95 bits per heavy atom. The molecule has 9 nitrogen and oxygen atoms in total. The number of nitrogens with one attached hydrogen (secondary N) is 3. The predicted molar refractivity (Wildman–Crippen MR) is 68.8 cm³/mol. The molecule has 0 aliphatic heterocycles. The van der Waals surface area contributed by atoms with Crippen molar-refractivity contribution in [2.45, 2.75) is 0 Å². The number of nitro groups is 1. The summed E-state index contributed by atoms with van der Waals surface area (Å²) in [6, 6.07) is 3.77. The average molecular weight is 264 g/mol. The van der Waals surface area contributed by atoms with E-state index in [-0.39, 0.29) is 5.69 Å². The van der Waals surface area contributed by atoms with Crippen LogP contribution in [0.1, 0.15) is 0 Å². The monoisotopic (exact) mass is 264 g/mol. The molecule has 1 aromatic heterocycles. The minimum Gasteiger partial charge on any atom is -0.354 e. The van der Waals surface area contributed by atoms with E-state index in [1.54, 1.807) is 6.07 Å². The Kier molecular flexibility index (Phi) is 3.46. The quantitative estimate of drug-likeness (QED) is 0.355. The number of carbonyl (C=O) groups is 1. The summed E-state index contributed by atoms with van der Waals surface area (Å²) in [4.78, 5) is 27.7. The summed E-state index contributed by atoms with van der Waals surface area (Å²) in [5.74, 6) is 0.474. The number of aromatic nitrogens is 2. The van der Waals surface area contributed by atoms with Crippen LogP contribution >= 0.6 is 0 Å². The number of aromatic amines is 1. The Morgan fingerprint density at radius 2 is 2.26 bits per heavy atom. The number of benzene rings is 1. The molecule has 0 radical (unpaired) electrons. The van der Waals surface area contributed by atoms with E-state index < -0.39 is 11.0 Å². The highest BCUT2D eigenvalue weighted by Gasteiger charge is 2.09. The number of primary amides is 1. The maximum absolute atomic E-state index is 10.6. The number of hydrogen-bond donors (Lipinski definition) is 4. The number of non-ortho nitro benzene ring substituents is 1. The molecule has 19 heavy (non-hydrogen) atoms. The van der Waals surface area contributed by atoms with Crippen LogP contribution in [0, 0.1) is 10.1 Å². The zero-order chi connectivity index (χ0) is 13.8. The van der Waals surface area contributed by atoms with Crippen molar-refractivity contribution in [1.29, 1.82) is 0 Å². The van der Waals surface area contributed by atoms with Crippen molar-refractivity contribution in [3.8, 4) is 0 Å². The van der Waals surface area contributed by atoms with Crippen molar-refractivity contribution in [3.05, 3.63) is 28.3 Å². The maximum Gasteiger partial charge on any atom is 0.312 e. The first-order chi connectivity index (χ1) is 9.06. The molecule has 2 amide bonds. The molecule has 100 valence electrons. The molecule has 0 fully saturated rings. The molecule has 0 unspecified atom stereocenters. The molecular formula is C10H12N6O3. The van der Waals surface area contributed by atoms with E-state index >= 15 is 0 Å². The fraction of sp³-hybridized carbons (Fsp3) is 0.200. The number of urea groups is 1. The first kappa shape index (κ1) is 12.6. The lowest BCUT2D eigenvalue weighted by molar-refractivity contribution is -0.384. The normalized spacial score (nSPS) is 10.3. The van der Waals surface area contributed by atoms with Crippen molar-refractivity contribution in [2.75, 3.05) is 18.4 Å². The van der Waals surface area contributed by atoms with Crippen LogP contribution in [-0.2, 0) is 0 Å². The van der Waals surface area contributed by atoms with Crippen molar-refractivity contribution < 1.29 is 9.72 Å². The molecular weight excluding hydrogens is 252 g/mol. The summed E-state index contributed by atoms with van der Waals surface area (Å²) in [5, 5.41) is 16.0. The Balaban J connectivity index is 2.04. The molecule has 5 N–H and O–H groups in total.